The Bertz CT molecular complexity index is 924. The average Bonchev–Trinajstić information content (AvgIpc) is 2.64. The predicted octanol–water partition coefficient (Wildman–Crippen LogP) is 3.69. The standard InChI is InChI=1S/C18H17ClFN5/c1-25-6-4-11(5-7-25)18-21-9-15-17(24-18)16(23-10-22-15)12-2-3-14(20)13(19)8-12/h2-3,8-11H,4-7H2,1H3. The molecule has 1 aliphatic heterocycles. The van der Waals surface area contributed by atoms with Crippen LogP contribution >= 0.6 is 11.6 Å². The summed E-state index contributed by atoms with van der Waals surface area (Å²) in [6.07, 6.45) is 5.28. The van der Waals surface area contributed by atoms with Gasteiger partial charge >= 0.3 is 0 Å². The Kier molecular flexibility index (Phi) is 4.31. The van der Waals surface area contributed by atoms with E-state index in [-0.39, 0.29) is 5.02 Å². The molecule has 4 rings (SSSR count). The number of hydrogen-bond acceptors (Lipinski definition) is 5. The van der Waals surface area contributed by atoms with Gasteiger partial charge in [0.15, 0.2) is 0 Å². The Morgan fingerprint density at radius 1 is 1.16 bits per heavy atom. The molecular weight excluding hydrogens is 341 g/mol. The topological polar surface area (TPSA) is 54.8 Å². The largest absolute Gasteiger partial charge is 0.306 e. The Morgan fingerprint density at radius 3 is 2.72 bits per heavy atom. The molecule has 0 N–H and O–H groups in total. The first-order valence-corrected chi connectivity index (χ1v) is 8.61. The van der Waals surface area contributed by atoms with Crippen LogP contribution in [0.3, 0.4) is 0 Å². The second kappa shape index (κ2) is 6.61. The summed E-state index contributed by atoms with van der Waals surface area (Å²) in [5.41, 5.74) is 2.70. The van der Waals surface area contributed by atoms with E-state index >= 15 is 0 Å². The number of benzene rings is 1. The van der Waals surface area contributed by atoms with E-state index in [1.807, 2.05) is 0 Å². The highest BCUT2D eigenvalue weighted by Crippen LogP contribution is 2.30. The summed E-state index contributed by atoms with van der Waals surface area (Å²) in [6, 6.07) is 4.56. The third-order valence-corrected chi connectivity index (χ3v) is 4.96. The monoisotopic (exact) mass is 357 g/mol. The Morgan fingerprint density at radius 2 is 1.96 bits per heavy atom. The van der Waals surface area contributed by atoms with Gasteiger partial charge in [-0.05, 0) is 51.2 Å². The lowest BCUT2D eigenvalue weighted by molar-refractivity contribution is 0.251. The third-order valence-electron chi connectivity index (χ3n) is 4.67. The van der Waals surface area contributed by atoms with Crippen LogP contribution in [0, 0.1) is 5.82 Å². The molecule has 0 atom stereocenters. The van der Waals surface area contributed by atoms with Crippen molar-refractivity contribution in [3.05, 3.63) is 47.4 Å². The van der Waals surface area contributed by atoms with Gasteiger partial charge in [-0.3, -0.25) is 0 Å². The normalized spacial score (nSPS) is 16.4. The minimum atomic E-state index is -0.453. The van der Waals surface area contributed by atoms with Gasteiger partial charge in [0.1, 0.15) is 34.7 Å². The molecule has 0 saturated carbocycles. The molecule has 0 aliphatic carbocycles. The minimum Gasteiger partial charge on any atom is -0.306 e. The van der Waals surface area contributed by atoms with Gasteiger partial charge in [0, 0.05) is 11.5 Å². The molecule has 3 heterocycles. The van der Waals surface area contributed by atoms with Crippen molar-refractivity contribution >= 4 is 22.6 Å². The number of rotatable bonds is 2. The molecule has 1 aromatic carbocycles. The molecule has 25 heavy (non-hydrogen) atoms. The van der Waals surface area contributed by atoms with Gasteiger partial charge in [-0.15, -0.1) is 0 Å². The lowest BCUT2D eigenvalue weighted by atomic mass is 9.96. The lowest BCUT2D eigenvalue weighted by Gasteiger charge is -2.27. The summed E-state index contributed by atoms with van der Waals surface area (Å²) in [5, 5.41) is 0.0638. The summed E-state index contributed by atoms with van der Waals surface area (Å²) in [4.78, 5) is 20.2. The van der Waals surface area contributed by atoms with Gasteiger partial charge in [0.2, 0.25) is 0 Å². The van der Waals surface area contributed by atoms with Crippen molar-refractivity contribution in [2.24, 2.45) is 0 Å². The fraction of sp³-hybridized carbons (Fsp3) is 0.333. The van der Waals surface area contributed by atoms with Crippen molar-refractivity contribution in [2.45, 2.75) is 18.8 Å². The average molecular weight is 358 g/mol. The van der Waals surface area contributed by atoms with Crippen LogP contribution in [-0.2, 0) is 0 Å². The number of halogens is 2. The van der Waals surface area contributed by atoms with Crippen molar-refractivity contribution in [3.8, 4) is 11.3 Å². The van der Waals surface area contributed by atoms with Crippen LogP contribution in [-0.4, -0.2) is 45.0 Å². The number of hydrogen-bond donors (Lipinski definition) is 0. The molecular formula is C18H17ClFN5. The maximum atomic E-state index is 13.5. The van der Waals surface area contributed by atoms with E-state index in [4.69, 9.17) is 16.6 Å². The molecule has 0 radical (unpaired) electrons. The summed E-state index contributed by atoms with van der Waals surface area (Å²) in [6.45, 7) is 2.08. The van der Waals surface area contributed by atoms with Gasteiger partial charge in [-0.25, -0.2) is 24.3 Å². The molecule has 3 aromatic rings. The quantitative estimate of drug-likeness (QED) is 0.700. The van der Waals surface area contributed by atoms with Gasteiger partial charge in [-0.1, -0.05) is 11.6 Å². The van der Waals surface area contributed by atoms with Crippen molar-refractivity contribution in [1.82, 2.24) is 24.8 Å². The SMILES string of the molecule is CN1CCC(c2ncc3ncnc(-c4ccc(F)c(Cl)c4)c3n2)CC1. The maximum Gasteiger partial charge on any atom is 0.141 e. The zero-order valence-corrected chi connectivity index (χ0v) is 14.5. The van der Waals surface area contributed by atoms with E-state index < -0.39 is 5.82 Å². The first-order chi connectivity index (χ1) is 12.1. The molecule has 7 heteroatoms. The summed E-state index contributed by atoms with van der Waals surface area (Å²) in [7, 11) is 2.13. The zero-order valence-electron chi connectivity index (χ0n) is 13.8. The predicted molar refractivity (Wildman–Crippen MR) is 95.0 cm³/mol. The molecule has 1 fully saturated rings. The molecule has 0 amide bonds. The number of aromatic nitrogens is 4. The maximum absolute atomic E-state index is 13.5. The smallest absolute Gasteiger partial charge is 0.141 e. The van der Waals surface area contributed by atoms with Gasteiger partial charge in [0.05, 0.1) is 11.2 Å². The van der Waals surface area contributed by atoms with Crippen LogP contribution in [0.25, 0.3) is 22.3 Å². The van der Waals surface area contributed by atoms with Gasteiger partial charge in [0.25, 0.3) is 0 Å². The molecule has 0 unspecified atom stereocenters. The van der Waals surface area contributed by atoms with E-state index in [0.29, 0.717) is 28.2 Å². The van der Waals surface area contributed by atoms with Crippen LogP contribution in [0.5, 0.6) is 0 Å². The molecule has 0 spiro atoms. The Balaban J connectivity index is 1.79. The number of nitrogens with zero attached hydrogens (tertiary/aromatic N) is 5. The first kappa shape index (κ1) is 16.3. The second-order valence-electron chi connectivity index (χ2n) is 6.39. The summed E-state index contributed by atoms with van der Waals surface area (Å²) < 4.78 is 13.5. The van der Waals surface area contributed by atoms with Crippen molar-refractivity contribution < 1.29 is 4.39 Å². The number of piperidine rings is 1. The lowest BCUT2D eigenvalue weighted by Crippen LogP contribution is -2.29. The fourth-order valence-corrected chi connectivity index (χ4v) is 3.37. The van der Waals surface area contributed by atoms with E-state index in [1.165, 1.54) is 12.4 Å². The molecule has 128 valence electrons. The van der Waals surface area contributed by atoms with Gasteiger partial charge in [-0.2, -0.15) is 0 Å². The van der Waals surface area contributed by atoms with E-state index in [1.54, 1.807) is 18.3 Å². The van der Waals surface area contributed by atoms with Crippen LogP contribution < -0.4 is 0 Å². The van der Waals surface area contributed by atoms with Crippen molar-refractivity contribution in [3.63, 3.8) is 0 Å². The van der Waals surface area contributed by atoms with Gasteiger partial charge < -0.3 is 4.90 Å². The number of fused-ring (bicyclic) bond motifs is 1. The number of likely N-dealkylation sites (tertiary alicyclic amines) is 1. The second-order valence-corrected chi connectivity index (χ2v) is 6.80. The van der Waals surface area contributed by atoms with E-state index in [9.17, 15) is 4.39 Å². The zero-order chi connectivity index (χ0) is 17.4. The Hall–Kier alpha value is -2.18. The highest BCUT2D eigenvalue weighted by molar-refractivity contribution is 6.31. The molecule has 0 bridgehead atoms. The first-order valence-electron chi connectivity index (χ1n) is 8.23. The van der Waals surface area contributed by atoms with Crippen LogP contribution in [0.4, 0.5) is 4.39 Å². The van der Waals surface area contributed by atoms with Crippen LogP contribution in [0.2, 0.25) is 5.02 Å². The van der Waals surface area contributed by atoms with Crippen LogP contribution in [0.1, 0.15) is 24.6 Å². The van der Waals surface area contributed by atoms with Crippen molar-refractivity contribution in [2.75, 3.05) is 20.1 Å². The highest BCUT2D eigenvalue weighted by Gasteiger charge is 2.22. The minimum absolute atomic E-state index is 0.0638. The van der Waals surface area contributed by atoms with Crippen LogP contribution in [0.15, 0.2) is 30.7 Å². The summed E-state index contributed by atoms with van der Waals surface area (Å²) >= 11 is 5.93. The molecule has 1 saturated heterocycles. The molecule has 2 aromatic heterocycles. The Labute approximate surface area is 149 Å². The molecule has 1 aliphatic rings. The van der Waals surface area contributed by atoms with E-state index in [0.717, 1.165) is 31.8 Å². The highest BCUT2D eigenvalue weighted by atomic mass is 35.5. The third kappa shape index (κ3) is 3.19. The van der Waals surface area contributed by atoms with Crippen molar-refractivity contribution in [1.29, 1.82) is 0 Å². The van der Waals surface area contributed by atoms with E-state index in [2.05, 4.69) is 26.9 Å². The fourth-order valence-electron chi connectivity index (χ4n) is 3.19. The summed E-state index contributed by atoms with van der Waals surface area (Å²) in [5.74, 6) is 0.709. The molecule has 5 nitrogen and oxygen atoms in total.